The number of hydrogen-bond acceptors (Lipinski definition) is 3. The van der Waals surface area contributed by atoms with E-state index in [4.69, 9.17) is 0 Å². The zero-order valence-corrected chi connectivity index (χ0v) is 9.93. The second kappa shape index (κ2) is 5.64. The summed E-state index contributed by atoms with van der Waals surface area (Å²) in [6.07, 6.45) is 1.07. The summed E-state index contributed by atoms with van der Waals surface area (Å²) in [6, 6.07) is 9.14. The molecule has 0 spiro atoms. The summed E-state index contributed by atoms with van der Waals surface area (Å²) in [6.45, 7) is 0.0287. The van der Waals surface area contributed by atoms with Gasteiger partial charge in [0.25, 0.3) is 0 Å². The number of aliphatic hydroxyl groups is 1. The molecule has 96 valence electrons. The highest BCUT2D eigenvalue weighted by Gasteiger charge is 2.26. The maximum absolute atomic E-state index is 11.4. The van der Waals surface area contributed by atoms with Crippen LogP contribution in [-0.2, 0) is 9.59 Å². The van der Waals surface area contributed by atoms with Crippen LogP contribution in [-0.4, -0.2) is 29.5 Å². The summed E-state index contributed by atoms with van der Waals surface area (Å²) in [7, 11) is 0. The first kappa shape index (κ1) is 12.6. The van der Waals surface area contributed by atoms with Gasteiger partial charge >= 0.3 is 11.8 Å². The molecule has 2 amide bonds. The number of carbonyl (C=O) groups excluding carboxylic acids is 2. The van der Waals surface area contributed by atoms with Crippen molar-refractivity contribution < 1.29 is 14.7 Å². The molecule has 2 rings (SSSR count). The van der Waals surface area contributed by atoms with Gasteiger partial charge in [-0.15, -0.1) is 0 Å². The number of hydrogen-bond donors (Lipinski definition) is 3. The van der Waals surface area contributed by atoms with E-state index in [1.165, 1.54) is 0 Å². The molecule has 0 aliphatic heterocycles. The van der Waals surface area contributed by atoms with E-state index >= 15 is 0 Å². The number of benzene rings is 1. The van der Waals surface area contributed by atoms with Gasteiger partial charge in [-0.2, -0.15) is 0 Å². The molecule has 18 heavy (non-hydrogen) atoms. The van der Waals surface area contributed by atoms with Crippen molar-refractivity contribution in [2.45, 2.75) is 25.0 Å². The van der Waals surface area contributed by atoms with Gasteiger partial charge in [-0.05, 0) is 18.4 Å². The van der Waals surface area contributed by atoms with Gasteiger partial charge in [-0.25, -0.2) is 0 Å². The molecule has 1 saturated carbocycles. The van der Waals surface area contributed by atoms with E-state index in [9.17, 15) is 14.7 Å². The average molecular weight is 248 g/mol. The lowest BCUT2D eigenvalue weighted by Gasteiger charge is -2.11. The van der Waals surface area contributed by atoms with E-state index in [1.54, 1.807) is 24.3 Å². The monoisotopic (exact) mass is 248 g/mol. The lowest BCUT2D eigenvalue weighted by atomic mass is 10.1. The van der Waals surface area contributed by atoms with E-state index in [-0.39, 0.29) is 12.6 Å². The van der Waals surface area contributed by atoms with Gasteiger partial charge in [0.2, 0.25) is 0 Å². The quantitative estimate of drug-likeness (QED) is 0.662. The Morgan fingerprint density at radius 3 is 2.50 bits per heavy atom. The molecule has 0 bridgehead atoms. The third-order valence-corrected chi connectivity index (χ3v) is 2.76. The molecule has 1 aliphatic rings. The van der Waals surface area contributed by atoms with Crippen LogP contribution in [0.25, 0.3) is 0 Å². The second-order valence-corrected chi connectivity index (χ2v) is 4.38. The first-order chi connectivity index (χ1) is 8.66. The number of amides is 2. The standard InChI is InChI=1S/C13H16N2O3/c16-11(9-4-2-1-3-5-9)8-14-12(17)13(18)15-10-6-7-10/h1-5,10-11,16H,6-8H2,(H,14,17)(H,15,18)/t11-/m0/s1. The van der Waals surface area contributed by atoms with E-state index in [0.29, 0.717) is 5.56 Å². The van der Waals surface area contributed by atoms with Gasteiger partial charge < -0.3 is 15.7 Å². The minimum Gasteiger partial charge on any atom is -0.387 e. The van der Waals surface area contributed by atoms with Crippen LogP contribution in [0.1, 0.15) is 24.5 Å². The van der Waals surface area contributed by atoms with Crippen molar-refractivity contribution in [2.75, 3.05) is 6.54 Å². The molecule has 0 radical (unpaired) electrons. The minimum absolute atomic E-state index is 0.0287. The van der Waals surface area contributed by atoms with Gasteiger partial charge in [-0.1, -0.05) is 30.3 Å². The lowest BCUT2D eigenvalue weighted by molar-refractivity contribution is -0.139. The molecule has 1 aliphatic carbocycles. The number of nitrogens with one attached hydrogen (secondary N) is 2. The first-order valence-corrected chi connectivity index (χ1v) is 5.98. The highest BCUT2D eigenvalue weighted by atomic mass is 16.3. The molecular formula is C13H16N2O3. The Labute approximate surface area is 105 Å². The molecule has 3 N–H and O–H groups in total. The van der Waals surface area contributed by atoms with Crippen molar-refractivity contribution >= 4 is 11.8 Å². The maximum Gasteiger partial charge on any atom is 0.309 e. The summed E-state index contributed by atoms with van der Waals surface area (Å²) in [4.78, 5) is 22.7. The number of aliphatic hydroxyl groups excluding tert-OH is 1. The lowest BCUT2D eigenvalue weighted by Crippen LogP contribution is -2.42. The fourth-order valence-corrected chi connectivity index (χ4v) is 1.54. The molecule has 1 aromatic carbocycles. The number of carbonyl (C=O) groups is 2. The Balaban J connectivity index is 1.76. The van der Waals surface area contributed by atoms with Crippen LogP contribution in [0, 0.1) is 0 Å². The molecule has 0 heterocycles. The normalized spacial score (nSPS) is 15.8. The molecule has 5 nitrogen and oxygen atoms in total. The van der Waals surface area contributed by atoms with E-state index < -0.39 is 17.9 Å². The third kappa shape index (κ3) is 3.56. The molecule has 1 fully saturated rings. The Bertz CT molecular complexity index is 429. The van der Waals surface area contributed by atoms with Crippen molar-refractivity contribution in [3.05, 3.63) is 35.9 Å². The highest BCUT2D eigenvalue weighted by Crippen LogP contribution is 2.18. The fraction of sp³-hybridized carbons (Fsp3) is 0.385. The fourth-order valence-electron chi connectivity index (χ4n) is 1.54. The van der Waals surface area contributed by atoms with Crippen LogP contribution >= 0.6 is 0 Å². The van der Waals surface area contributed by atoms with Gasteiger partial charge in [0.1, 0.15) is 0 Å². The smallest absolute Gasteiger partial charge is 0.309 e. The van der Waals surface area contributed by atoms with Gasteiger partial charge in [0.15, 0.2) is 0 Å². The van der Waals surface area contributed by atoms with Crippen LogP contribution in [0.5, 0.6) is 0 Å². The SMILES string of the molecule is O=C(NC[C@H](O)c1ccccc1)C(=O)NC1CC1. The van der Waals surface area contributed by atoms with Crippen molar-refractivity contribution in [3.63, 3.8) is 0 Å². The van der Waals surface area contributed by atoms with Crippen molar-refractivity contribution in [1.29, 1.82) is 0 Å². The zero-order chi connectivity index (χ0) is 13.0. The maximum atomic E-state index is 11.4. The Kier molecular flexibility index (Phi) is 3.94. The molecule has 0 aromatic heterocycles. The zero-order valence-electron chi connectivity index (χ0n) is 9.93. The molecular weight excluding hydrogens is 232 g/mol. The molecule has 1 atom stereocenters. The van der Waals surface area contributed by atoms with Gasteiger partial charge in [0.05, 0.1) is 6.10 Å². The predicted molar refractivity (Wildman–Crippen MR) is 65.6 cm³/mol. The van der Waals surface area contributed by atoms with Crippen molar-refractivity contribution in [3.8, 4) is 0 Å². The van der Waals surface area contributed by atoms with Crippen LogP contribution in [0.2, 0.25) is 0 Å². The Morgan fingerprint density at radius 1 is 1.22 bits per heavy atom. The summed E-state index contributed by atoms with van der Waals surface area (Å²) >= 11 is 0. The topological polar surface area (TPSA) is 78.4 Å². The van der Waals surface area contributed by atoms with Gasteiger partial charge in [0, 0.05) is 12.6 Å². The van der Waals surface area contributed by atoms with Crippen molar-refractivity contribution in [2.24, 2.45) is 0 Å². The first-order valence-electron chi connectivity index (χ1n) is 5.98. The van der Waals surface area contributed by atoms with E-state index in [0.717, 1.165) is 12.8 Å². The summed E-state index contributed by atoms with van der Waals surface area (Å²) in [5.41, 5.74) is 0.709. The van der Waals surface area contributed by atoms with Crippen LogP contribution in [0.15, 0.2) is 30.3 Å². The van der Waals surface area contributed by atoms with E-state index in [2.05, 4.69) is 10.6 Å². The second-order valence-electron chi connectivity index (χ2n) is 4.38. The summed E-state index contributed by atoms with van der Waals surface area (Å²) < 4.78 is 0. The highest BCUT2D eigenvalue weighted by molar-refractivity contribution is 6.35. The molecule has 5 heteroatoms. The van der Waals surface area contributed by atoms with Crippen molar-refractivity contribution in [1.82, 2.24) is 10.6 Å². The predicted octanol–water partition coefficient (Wildman–Crippen LogP) is 0.115. The van der Waals surface area contributed by atoms with Crippen LogP contribution in [0.3, 0.4) is 0 Å². The van der Waals surface area contributed by atoms with Crippen LogP contribution in [0.4, 0.5) is 0 Å². The van der Waals surface area contributed by atoms with E-state index in [1.807, 2.05) is 6.07 Å². The molecule has 1 aromatic rings. The average Bonchev–Trinajstić information content (AvgIpc) is 3.20. The summed E-state index contributed by atoms with van der Waals surface area (Å²) in [5.74, 6) is -1.32. The molecule has 0 saturated heterocycles. The summed E-state index contributed by atoms with van der Waals surface area (Å²) in [5, 5.41) is 14.8. The Hall–Kier alpha value is -1.88. The van der Waals surface area contributed by atoms with Gasteiger partial charge in [-0.3, -0.25) is 9.59 Å². The molecule has 0 unspecified atom stereocenters. The largest absolute Gasteiger partial charge is 0.387 e. The van der Waals surface area contributed by atoms with Crippen LogP contribution < -0.4 is 10.6 Å². The third-order valence-electron chi connectivity index (χ3n) is 2.76. The minimum atomic E-state index is -0.802. The Morgan fingerprint density at radius 2 is 1.89 bits per heavy atom. The number of rotatable bonds is 4.